The van der Waals surface area contributed by atoms with E-state index >= 15 is 0 Å². The average Bonchev–Trinajstić information content (AvgIpc) is 2.69. The largest absolute Gasteiger partial charge is 0.327 e. The lowest BCUT2D eigenvalue weighted by Crippen LogP contribution is -2.26. The van der Waals surface area contributed by atoms with E-state index < -0.39 is 0 Å². The fourth-order valence-electron chi connectivity index (χ4n) is 1.68. The standard InChI is InChI=1S/C11H13Cl2N5/c1-18-16-11(15-17-18)6-8(14)4-7-2-3-9(12)10(13)5-7/h2-3,5,8H,4,6,14H2,1H3. The molecule has 96 valence electrons. The summed E-state index contributed by atoms with van der Waals surface area (Å²) in [6.07, 6.45) is 1.27. The first kappa shape index (κ1) is 13.3. The molecule has 2 aromatic rings. The van der Waals surface area contributed by atoms with Gasteiger partial charge in [0.15, 0.2) is 5.82 Å². The van der Waals surface area contributed by atoms with E-state index in [1.54, 1.807) is 13.1 Å². The summed E-state index contributed by atoms with van der Waals surface area (Å²) in [7, 11) is 1.72. The van der Waals surface area contributed by atoms with Gasteiger partial charge in [0, 0.05) is 12.5 Å². The molecule has 1 unspecified atom stereocenters. The highest BCUT2D eigenvalue weighted by atomic mass is 35.5. The van der Waals surface area contributed by atoms with Crippen LogP contribution in [0, 0.1) is 0 Å². The molecular formula is C11H13Cl2N5. The fourth-order valence-corrected chi connectivity index (χ4v) is 2.00. The van der Waals surface area contributed by atoms with E-state index in [1.807, 2.05) is 12.1 Å². The van der Waals surface area contributed by atoms with Gasteiger partial charge in [0.1, 0.15) is 0 Å². The van der Waals surface area contributed by atoms with Crippen molar-refractivity contribution in [1.29, 1.82) is 0 Å². The number of benzene rings is 1. The minimum atomic E-state index is -0.0774. The van der Waals surface area contributed by atoms with Crippen molar-refractivity contribution >= 4 is 23.2 Å². The van der Waals surface area contributed by atoms with Crippen LogP contribution in [0.1, 0.15) is 11.4 Å². The summed E-state index contributed by atoms with van der Waals surface area (Å²) in [5.74, 6) is 0.644. The van der Waals surface area contributed by atoms with Crippen molar-refractivity contribution in [3.05, 3.63) is 39.6 Å². The molecule has 1 atom stereocenters. The maximum absolute atomic E-state index is 6.04. The van der Waals surface area contributed by atoms with Crippen LogP contribution in [-0.4, -0.2) is 26.2 Å². The molecule has 0 aliphatic rings. The van der Waals surface area contributed by atoms with Crippen LogP contribution >= 0.6 is 23.2 Å². The number of halogens is 2. The van der Waals surface area contributed by atoms with Gasteiger partial charge in [-0.05, 0) is 29.3 Å². The summed E-state index contributed by atoms with van der Waals surface area (Å²) < 4.78 is 0. The maximum Gasteiger partial charge on any atom is 0.176 e. The van der Waals surface area contributed by atoms with Crippen molar-refractivity contribution in [3.8, 4) is 0 Å². The molecule has 0 spiro atoms. The highest BCUT2D eigenvalue weighted by molar-refractivity contribution is 6.42. The summed E-state index contributed by atoms with van der Waals surface area (Å²) in [5.41, 5.74) is 7.08. The molecule has 7 heteroatoms. The van der Waals surface area contributed by atoms with Crippen LogP contribution in [0.2, 0.25) is 10.0 Å². The van der Waals surface area contributed by atoms with Crippen LogP contribution in [0.15, 0.2) is 18.2 Å². The first-order valence-electron chi connectivity index (χ1n) is 5.47. The quantitative estimate of drug-likeness (QED) is 0.927. The Balaban J connectivity index is 1.98. The van der Waals surface area contributed by atoms with Gasteiger partial charge >= 0.3 is 0 Å². The fraction of sp³-hybridized carbons (Fsp3) is 0.364. The summed E-state index contributed by atoms with van der Waals surface area (Å²) >= 11 is 11.8. The predicted octanol–water partition coefficient (Wildman–Crippen LogP) is 1.63. The molecule has 0 aliphatic heterocycles. The Morgan fingerprint density at radius 1 is 1.28 bits per heavy atom. The summed E-state index contributed by atoms with van der Waals surface area (Å²) in [4.78, 5) is 1.42. The minimum Gasteiger partial charge on any atom is -0.327 e. The first-order valence-corrected chi connectivity index (χ1v) is 6.22. The van der Waals surface area contributed by atoms with E-state index in [0.29, 0.717) is 28.7 Å². The SMILES string of the molecule is Cn1nnc(CC(N)Cc2ccc(Cl)c(Cl)c2)n1. The monoisotopic (exact) mass is 285 g/mol. The Labute approximate surface area is 115 Å². The number of rotatable bonds is 4. The van der Waals surface area contributed by atoms with Crippen LogP contribution in [0.5, 0.6) is 0 Å². The van der Waals surface area contributed by atoms with Crippen molar-refractivity contribution in [2.75, 3.05) is 0 Å². The van der Waals surface area contributed by atoms with Crippen molar-refractivity contribution in [3.63, 3.8) is 0 Å². The molecule has 1 aromatic heterocycles. The lowest BCUT2D eigenvalue weighted by molar-refractivity contribution is 0.615. The number of tetrazole rings is 1. The van der Waals surface area contributed by atoms with Gasteiger partial charge in [-0.15, -0.1) is 10.2 Å². The van der Waals surface area contributed by atoms with E-state index in [0.717, 1.165) is 5.56 Å². The van der Waals surface area contributed by atoms with Crippen molar-refractivity contribution in [2.45, 2.75) is 18.9 Å². The van der Waals surface area contributed by atoms with Gasteiger partial charge in [0.05, 0.1) is 17.1 Å². The average molecular weight is 286 g/mol. The van der Waals surface area contributed by atoms with Crippen molar-refractivity contribution < 1.29 is 0 Å². The number of nitrogens with two attached hydrogens (primary N) is 1. The van der Waals surface area contributed by atoms with Crippen LogP contribution in [0.3, 0.4) is 0 Å². The third-order valence-electron chi connectivity index (χ3n) is 2.48. The molecule has 18 heavy (non-hydrogen) atoms. The molecule has 0 amide bonds. The first-order chi connectivity index (χ1) is 8.54. The zero-order valence-electron chi connectivity index (χ0n) is 9.85. The van der Waals surface area contributed by atoms with Gasteiger partial charge < -0.3 is 5.73 Å². The molecule has 0 radical (unpaired) electrons. The Morgan fingerprint density at radius 3 is 2.67 bits per heavy atom. The van der Waals surface area contributed by atoms with Gasteiger partial charge in [-0.25, -0.2) is 0 Å². The van der Waals surface area contributed by atoms with Crippen LogP contribution in [0.4, 0.5) is 0 Å². The van der Waals surface area contributed by atoms with Crippen LogP contribution in [0.25, 0.3) is 0 Å². The molecule has 0 saturated heterocycles. The Morgan fingerprint density at radius 2 is 2.06 bits per heavy atom. The highest BCUT2D eigenvalue weighted by Crippen LogP contribution is 2.23. The second kappa shape index (κ2) is 5.65. The predicted molar refractivity (Wildman–Crippen MR) is 70.6 cm³/mol. The lowest BCUT2D eigenvalue weighted by atomic mass is 10.0. The zero-order valence-corrected chi connectivity index (χ0v) is 11.4. The number of aryl methyl sites for hydroxylation is 1. The number of hydrogen-bond donors (Lipinski definition) is 1. The van der Waals surface area contributed by atoms with Crippen LogP contribution in [-0.2, 0) is 19.9 Å². The Hall–Kier alpha value is -1.17. The van der Waals surface area contributed by atoms with E-state index in [4.69, 9.17) is 28.9 Å². The van der Waals surface area contributed by atoms with Gasteiger partial charge in [0.25, 0.3) is 0 Å². The molecule has 2 rings (SSSR count). The van der Waals surface area contributed by atoms with Gasteiger partial charge in [-0.1, -0.05) is 29.3 Å². The summed E-state index contributed by atoms with van der Waals surface area (Å²) in [5, 5.41) is 12.8. The molecule has 0 bridgehead atoms. The number of nitrogens with zero attached hydrogens (tertiary/aromatic N) is 4. The summed E-state index contributed by atoms with van der Waals surface area (Å²) in [6, 6.07) is 5.44. The van der Waals surface area contributed by atoms with E-state index in [2.05, 4.69) is 15.4 Å². The molecule has 5 nitrogen and oxygen atoms in total. The lowest BCUT2D eigenvalue weighted by Gasteiger charge is -2.09. The maximum atomic E-state index is 6.04. The van der Waals surface area contributed by atoms with Crippen LogP contribution < -0.4 is 5.73 Å². The highest BCUT2D eigenvalue weighted by Gasteiger charge is 2.10. The summed E-state index contributed by atoms with van der Waals surface area (Å²) in [6.45, 7) is 0. The number of hydrogen-bond acceptors (Lipinski definition) is 4. The van der Waals surface area contributed by atoms with Gasteiger partial charge in [-0.2, -0.15) is 4.80 Å². The zero-order chi connectivity index (χ0) is 13.1. The normalized spacial score (nSPS) is 12.7. The minimum absolute atomic E-state index is 0.0774. The van der Waals surface area contributed by atoms with Crippen molar-refractivity contribution in [2.24, 2.45) is 12.8 Å². The number of aromatic nitrogens is 4. The molecule has 1 aromatic carbocycles. The second-order valence-corrected chi connectivity index (χ2v) is 4.93. The van der Waals surface area contributed by atoms with Crippen molar-refractivity contribution in [1.82, 2.24) is 20.2 Å². The molecule has 2 N–H and O–H groups in total. The van der Waals surface area contributed by atoms with Gasteiger partial charge in [-0.3, -0.25) is 0 Å². The molecule has 0 saturated carbocycles. The van der Waals surface area contributed by atoms with Gasteiger partial charge in [0.2, 0.25) is 0 Å². The Bertz CT molecular complexity index is 540. The second-order valence-electron chi connectivity index (χ2n) is 4.11. The Kier molecular flexibility index (Phi) is 4.16. The van der Waals surface area contributed by atoms with E-state index in [1.165, 1.54) is 4.80 Å². The molecule has 1 heterocycles. The third kappa shape index (κ3) is 3.41. The smallest absolute Gasteiger partial charge is 0.176 e. The molecular weight excluding hydrogens is 273 g/mol. The third-order valence-corrected chi connectivity index (χ3v) is 3.22. The molecule has 0 aliphatic carbocycles. The van der Waals surface area contributed by atoms with E-state index in [9.17, 15) is 0 Å². The van der Waals surface area contributed by atoms with E-state index in [-0.39, 0.29) is 6.04 Å². The topological polar surface area (TPSA) is 69.6 Å². The molecule has 0 fully saturated rings.